The van der Waals surface area contributed by atoms with Gasteiger partial charge >= 0.3 is 0 Å². The van der Waals surface area contributed by atoms with Crippen LogP contribution in [0.3, 0.4) is 0 Å². The van der Waals surface area contributed by atoms with Gasteiger partial charge in [-0.05, 0) is 19.1 Å². The van der Waals surface area contributed by atoms with Crippen LogP contribution in [0.15, 0.2) is 30.5 Å². The van der Waals surface area contributed by atoms with E-state index in [4.69, 9.17) is 5.73 Å². The van der Waals surface area contributed by atoms with E-state index in [1.807, 2.05) is 13.8 Å². The second-order valence-corrected chi connectivity index (χ2v) is 3.36. The van der Waals surface area contributed by atoms with Gasteiger partial charge in [0.1, 0.15) is 17.3 Å². The van der Waals surface area contributed by atoms with Crippen molar-refractivity contribution in [3.63, 3.8) is 0 Å². The van der Waals surface area contributed by atoms with Crippen molar-refractivity contribution >= 4 is 11.6 Å². The van der Waals surface area contributed by atoms with Crippen LogP contribution in [0, 0.1) is 5.82 Å². The fourth-order valence-electron chi connectivity index (χ4n) is 1.44. The molecule has 5 heteroatoms. The molecule has 96 valence electrons. The molecule has 0 radical (unpaired) electrons. The molecule has 0 aliphatic heterocycles. The summed E-state index contributed by atoms with van der Waals surface area (Å²) in [7, 11) is 0. The van der Waals surface area contributed by atoms with Crippen molar-refractivity contribution in [2.45, 2.75) is 20.8 Å². The van der Waals surface area contributed by atoms with Crippen LogP contribution >= 0.6 is 0 Å². The van der Waals surface area contributed by atoms with E-state index >= 15 is 0 Å². The van der Waals surface area contributed by atoms with Gasteiger partial charge in [-0.2, -0.15) is 5.10 Å². The highest BCUT2D eigenvalue weighted by Crippen LogP contribution is 2.19. The third kappa shape index (κ3) is 2.56. The minimum absolute atomic E-state index is 0.151. The molecule has 1 aromatic heterocycles. The Bertz CT molecular complexity index is 549. The molecule has 0 unspecified atom stereocenters. The number of ketones is 1. The first kappa shape index (κ1) is 13.9. The van der Waals surface area contributed by atoms with E-state index in [1.54, 1.807) is 18.2 Å². The van der Waals surface area contributed by atoms with Crippen LogP contribution in [0.25, 0.3) is 5.69 Å². The zero-order valence-corrected chi connectivity index (χ0v) is 10.6. The summed E-state index contributed by atoms with van der Waals surface area (Å²) in [5.74, 6) is -0.481. The molecule has 0 saturated carbocycles. The second-order valence-electron chi connectivity index (χ2n) is 3.36. The fraction of sp³-hybridized carbons (Fsp3) is 0.231. The highest BCUT2D eigenvalue weighted by atomic mass is 19.1. The number of hydrogen-bond donors (Lipinski definition) is 1. The molecule has 2 aromatic rings. The summed E-state index contributed by atoms with van der Waals surface area (Å²) in [6.45, 7) is 5.39. The maximum Gasteiger partial charge on any atom is 0.165 e. The Kier molecular flexibility index (Phi) is 4.59. The van der Waals surface area contributed by atoms with Crippen molar-refractivity contribution in [1.82, 2.24) is 9.78 Å². The summed E-state index contributed by atoms with van der Waals surface area (Å²) < 4.78 is 14.7. The van der Waals surface area contributed by atoms with Gasteiger partial charge in [0, 0.05) is 0 Å². The van der Waals surface area contributed by atoms with Crippen LogP contribution in [0.2, 0.25) is 0 Å². The predicted octanol–water partition coefficient (Wildman–Crippen LogP) is 2.82. The Balaban J connectivity index is 0.000000771. The minimum Gasteiger partial charge on any atom is -0.383 e. The van der Waals surface area contributed by atoms with Crippen molar-refractivity contribution in [3.05, 3.63) is 41.8 Å². The van der Waals surface area contributed by atoms with Crippen molar-refractivity contribution in [2.24, 2.45) is 0 Å². The lowest BCUT2D eigenvalue weighted by atomic mass is 10.2. The maximum atomic E-state index is 13.5. The number of carbonyl (C=O) groups excluding carboxylic acids is 1. The Morgan fingerprint density at radius 2 is 1.94 bits per heavy atom. The zero-order valence-electron chi connectivity index (χ0n) is 10.6. The Labute approximate surface area is 105 Å². The number of nitrogens with two attached hydrogens (primary N) is 1. The first-order valence-electron chi connectivity index (χ1n) is 5.70. The molecule has 4 nitrogen and oxygen atoms in total. The number of anilines is 1. The molecular weight excluding hydrogens is 233 g/mol. The quantitative estimate of drug-likeness (QED) is 0.832. The van der Waals surface area contributed by atoms with Gasteiger partial charge < -0.3 is 5.73 Å². The molecule has 0 saturated heterocycles. The average Bonchev–Trinajstić information content (AvgIpc) is 2.74. The van der Waals surface area contributed by atoms with Crippen LogP contribution in [0.4, 0.5) is 10.2 Å². The lowest BCUT2D eigenvalue weighted by molar-refractivity contribution is 0.101. The number of nitrogen functional groups attached to an aromatic ring is 1. The largest absolute Gasteiger partial charge is 0.383 e. The Morgan fingerprint density at radius 3 is 2.44 bits per heavy atom. The summed E-state index contributed by atoms with van der Waals surface area (Å²) in [5, 5.41) is 3.90. The molecule has 2 rings (SSSR count). The third-order valence-electron chi connectivity index (χ3n) is 2.27. The van der Waals surface area contributed by atoms with Crippen molar-refractivity contribution in [1.29, 1.82) is 0 Å². The van der Waals surface area contributed by atoms with Crippen LogP contribution in [0.5, 0.6) is 0 Å². The van der Waals surface area contributed by atoms with Gasteiger partial charge in [-0.1, -0.05) is 26.0 Å². The Hall–Kier alpha value is -2.17. The molecule has 0 aliphatic carbocycles. The maximum absolute atomic E-state index is 13.5. The number of hydrogen-bond acceptors (Lipinski definition) is 3. The predicted molar refractivity (Wildman–Crippen MR) is 69.3 cm³/mol. The van der Waals surface area contributed by atoms with Gasteiger partial charge in [0.2, 0.25) is 0 Å². The summed E-state index contributed by atoms with van der Waals surface area (Å²) in [6, 6.07) is 6.10. The molecule has 0 aliphatic rings. The van der Waals surface area contributed by atoms with E-state index in [-0.39, 0.29) is 17.3 Å². The zero-order chi connectivity index (χ0) is 13.7. The number of nitrogens with zero attached hydrogens (tertiary/aromatic N) is 2. The van der Waals surface area contributed by atoms with Crippen molar-refractivity contribution in [2.75, 3.05) is 5.73 Å². The highest BCUT2D eigenvalue weighted by Gasteiger charge is 2.14. The van der Waals surface area contributed by atoms with Crippen LogP contribution in [0.1, 0.15) is 31.1 Å². The highest BCUT2D eigenvalue weighted by molar-refractivity contribution is 5.98. The third-order valence-corrected chi connectivity index (χ3v) is 2.27. The lowest BCUT2D eigenvalue weighted by Crippen LogP contribution is -2.06. The van der Waals surface area contributed by atoms with E-state index in [0.717, 1.165) is 0 Å². The summed E-state index contributed by atoms with van der Waals surface area (Å²) in [5.41, 5.74) is 6.24. The first-order chi connectivity index (χ1) is 8.61. The van der Waals surface area contributed by atoms with E-state index < -0.39 is 5.82 Å². The molecule has 0 spiro atoms. The van der Waals surface area contributed by atoms with E-state index in [2.05, 4.69) is 5.10 Å². The Morgan fingerprint density at radius 1 is 1.33 bits per heavy atom. The van der Waals surface area contributed by atoms with Gasteiger partial charge in [0.25, 0.3) is 0 Å². The summed E-state index contributed by atoms with van der Waals surface area (Å²) >= 11 is 0. The van der Waals surface area contributed by atoms with Crippen LogP contribution in [-0.2, 0) is 0 Å². The molecule has 0 atom stereocenters. The number of aromatic nitrogens is 2. The molecule has 1 aromatic carbocycles. The number of halogens is 1. The first-order valence-corrected chi connectivity index (χ1v) is 5.70. The van der Waals surface area contributed by atoms with Gasteiger partial charge in [0.05, 0.1) is 11.8 Å². The molecule has 18 heavy (non-hydrogen) atoms. The average molecular weight is 249 g/mol. The van der Waals surface area contributed by atoms with Crippen molar-refractivity contribution in [3.8, 4) is 5.69 Å². The van der Waals surface area contributed by atoms with E-state index in [0.29, 0.717) is 5.56 Å². The van der Waals surface area contributed by atoms with Gasteiger partial charge in [-0.25, -0.2) is 9.07 Å². The number of carbonyl (C=O) groups is 1. The SMILES string of the molecule is CC.CC(=O)c1cnn(-c2ccccc2F)c1N. The van der Waals surface area contributed by atoms with Crippen molar-refractivity contribution < 1.29 is 9.18 Å². The summed E-state index contributed by atoms with van der Waals surface area (Å²) in [4.78, 5) is 11.2. The number of para-hydroxylation sites is 1. The fourth-order valence-corrected chi connectivity index (χ4v) is 1.44. The number of Topliss-reactive ketones (excluding diaryl/α,β-unsaturated/α-hetero) is 1. The van der Waals surface area contributed by atoms with E-state index in [9.17, 15) is 9.18 Å². The summed E-state index contributed by atoms with van der Waals surface area (Å²) in [6.07, 6.45) is 1.34. The smallest absolute Gasteiger partial charge is 0.165 e. The van der Waals surface area contributed by atoms with Crippen LogP contribution < -0.4 is 5.73 Å². The standard InChI is InChI=1S/C11H10FN3O.C2H6/c1-7(16)8-6-14-15(11(8)13)10-5-3-2-4-9(10)12;1-2/h2-6H,13H2,1H3;1-2H3. The molecule has 2 N–H and O–H groups in total. The molecule has 0 bridgehead atoms. The second kappa shape index (κ2) is 5.95. The molecule has 0 fully saturated rings. The van der Waals surface area contributed by atoms with Gasteiger partial charge in [-0.15, -0.1) is 0 Å². The monoisotopic (exact) mass is 249 g/mol. The minimum atomic E-state index is -0.438. The lowest BCUT2D eigenvalue weighted by Gasteiger charge is -2.05. The van der Waals surface area contributed by atoms with Gasteiger partial charge in [0.15, 0.2) is 5.78 Å². The van der Waals surface area contributed by atoms with Crippen LogP contribution in [-0.4, -0.2) is 15.6 Å². The number of rotatable bonds is 2. The topological polar surface area (TPSA) is 60.9 Å². The van der Waals surface area contributed by atoms with E-state index in [1.165, 1.54) is 23.9 Å². The van der Waals surface area contributed by atoms with Gasteiger partial charge in [-0.3, -0.25) is 4.79 Å². The molecule has 1 heterocycles. The number of benzene rings is 1. The normalized spacial score (nSPS) is 9.56. The molecular formula is C13H16FN3O. The molecule has 0 amide bonds.